The Morgan fingerprint density at radius 3 is 2.58 bits per heavy atom. The quantitative estimate of drug-likeness (QED) is 0.822. The largest absolute Gasteiger partial charge is 0.460 e. The Balaban J connectivity index is 2.23. The Kier molecular flexibility index (Phi) is 5.09. The summed E-state index contributed by atoms with van der Waals surface area (Å²) in [5.41, 5.74) is 0.239. The van der Waals surface area contributed by atoms with Crippen LogP contribution < -0.4 is 5.32 Å². The van der Waals surface area contributed by atoms with Gasteiger partial charge in [-0.2, -0.15) is 0 Å². The topological polar surface area (TPSA) is 81.4 Å². The van der Waals surface area contributed by atoms with Gasteiger partial charge in [-0.25, -0.2) is 0 Å². The van der Waals surface area contributed by atoms with Gasteiger partial charge in [-0.1, -0.05) is 5.16 Å². The zero-order valence-electron chi connectivity index (χ0n) is 11.8. The highest BCUT2D eigenvalue weighted by atomic mass is 16.6. The molecule has 0 aromatic carbocycles. The smallest absolute Gasteiger partial charge is 0.306 e. The van der Waals surface area contributed by atoms with Gasteiger partial charge in [-0.05, 0) is 27.7 Å². The zero-order chi connectivity index (χ0) is 14.5. The first-order valence-electron chi connectivity index (χ1n) is 6.17. The molecule has 1 heterocycles. The van der Waals surface area contributed by atoms with Crippen molar-refractivity contribution >= 4 is 11.9 Å². The Morgan fingerprint density at radius 2 is 2.05 bits per heavy atom. The third kappa shape index (κ3) is 6.59. The van der Waals surface area contributed by atoms with E-state index in [0.29, 0.717) is 5.76 Å². The number of nitrogens with one attached hydrogen (secondary N) is 1. The number of aromatic nitrogens is 1. The second-order valence-corrected chi connectivity index (χ2v) is 5.30. The van der Waals surface area contributed by atoms with Crippen molar-refractivity contribution in [1.29, 1.82) is 0 Å². The lowest BCUT2D eigenvalue weighted by Gasteiger charge is -2.19. The van der Waals surface area contributed by atoms with E-state index in [-0.39, 0.29) is 31.3 Å². The van der Waals surface area contributed by atoms with E-state index >= 15 is 0 Å². The summed E-state index contributed by atoms with van der Waals surface area (Å²) in [6, 6.07) is 1.74. The molecule has 0 aliphatic heterocycles. The number of carbonyl (C=O) groups is 2. The van der Waals surface area contributed by atoms with Gasteiger partial charge < -0.3 is 14.6 Å². The van der Waals surface area contributed by atoms with Crippen LogP contribution in [-0.4, -0.2) is 22.6 Å². The molecule has 1 aromatic rings. The number of nitrogens with zero attached hydrogens (tertiary/aromatic N) is 1. The Hall–Kier alpha value is -1.85. The van der Waals surface area contributed by atoms with Crippen LogP contribution in [0, 0.1) is 6.92 Å². The van der Waals surface area contributed by atoms with Gasteiger partial charge in [0, 0.05) is 12.5 Å². The van der Waals surface area contributed by atoms with Crippen LogP contribution in [-0.2, 0) is 20.9 Å². The fourth-order valence-electron chi connectivity index (χ4n) is 1.38. The average molecular weight is 268 g/mol. The van der Waals surface area contributed by atoms with Crippen molar-refractivity contribution in [3.8, 4) is 0 Å². The van der Waals surface area contributed by atoms with Crippen LogP contribution >= 0.6 is 0 Å². The van der Waals surface area contributed by atoms with Crippen molar-refractivity contribution in [2.45, 2.75) is 52.7 Å². The number of esters is 1. The summed E-state index contributed by atoms with van der Waals surface area (Å²) >= 11 is 0. The highest BCUT2D eigenvalue weighted by molar-refractivity contribution is 5.81. The van der Waals surface area contributed by atoms with Crippen molar-refractivity contribution in [2.75, 3.05) is 0 Å². The summed E-state index contributed by atoms with van der Waals surface area (Å²) in [6.45, 7) is 7.44. The van der Waals surface area contributed by atoms with E-state index in [1.165, 1.54) is 0 Å². The predicted octanol–water partition coefficient (Wildman–Crippen LogP) is 1.72. The number of rotatable bonds is 5. The van der Waals surface area contributed by atoms with Crippen LogP contribution in [0.5, 0.6) is 0 Å². The maximum absolute atomic E-state index is 11.5. The minimum Gasteiger partial charge on any atom is -0.460 e. The van der Waals surface area contributed by atoms with E-state index in [2.05, 4.69) is 10.5 Å². The Morgan fingerprint density at radius 1 is 1.37 bits per heavy atom. The highest BCUT2D eigenvalue weighted by Crippen LogP contribution is 2.09. The van der Waals surface area contributed by atoms with Gasteiger partial charge in [0.25, 0.3) is 0 Å². The van der Waals surface area contributed by atoms with Crippen LogP contribution in [0.2, 0.25) is 0 Å². The van der Waals surface area contributed by atoms with Gasteiger partial charge in [0.1, 0.15) is 5.60 Å². The minimum atomic E-state index is -0.523. The molecule has 1 N–H and O–H groups in total. The summed E-state index contributed by atoms with van der Waals surface area (Å²) in [5.74, 6) is -0.0128. The summed E-state index contributed by atoms with van der Waals surface area (Å²) in [6.07, 6.45) is 0.167. The number of hydrogen-bond acceptors (Lipinski definition) is 5. The van der Waals surface area contributed by atoms with Crippen molar-refractivity contribution in [3.63, 3.8) is 0 Å². The van der Waals surface area contributed by atoms with E-state index in [1.54, 1.807) is 33.8 Å². The molecule has 19 heavy (non-hydrogen) atoms. The molecule has 0 aliphatic carbocycles. The lowest BCUT2D eigenvalue weighted by molar-refractivity contribution is -0.155. The fourth-order valence-corrected chi connectivity index (χ4v) is 1.38. The number of ether oxygens (including phenoxy) is 1. The van der Waals surface area contributed by atoms with Gasteiger partial charge in [0.05, 0.1) is 18.7 Å². The van der Waals surface area contributed by atoms with Crippen LogP contribution in [0.15, 0.2) is 10.6 Å². The van der Waals surface area contributed by atoms with Crippen LogP contribution in [0.25, 0.3) is 0 Å². The maximum Gasteiger partial charge on any atom is 0.306 e. The molecule has 106 valence electrons. The molecular weight excluding hydrogens is 248 g/mol. The first kappa shape index (κ1) is 15.2. The summed E-state index contributed by atoms with van der Waals surface area (Å²) in [7, 11) is 0. The molecular formula is C13H20N2O4. The van der Waals surface area contributed by atoms with Crippen molar-refractivity contribution in [2.24, 2.45) is 0 Å². The molecule has 6 nitrogen and oxygen atoms in total. The van der Waals surface area contributed by atoms with Gasteiger partial charge in [-0.3, -0.25) is 9.59 Å². The van der Waals surface area contributed by atoms with E-state index in [9.17, 15) is 9.59 Å². The molecule has 0 unspecified atom stereocenters. The second-order valence-electron chi connectivity index (χ2n) is 5.30. The van der Waals surface area contributed by atoms with Gasteiger partial charge in [0.15, 0.2) is 5.76 Å². The molecule has 0 saturated carbocycles. The lowest BCUT2D eigenvalue weighted by atomic mass is 10.2. The molecule has 6 heteroatoms. The monoisotopic (exact) mass is 268 g/mol. The van der Waals surface area contributed by atoms with Gasteiger partial charge in [-0.15, -0.1) is 0 Å². The van der Waals surface area contributed by atoms with Gasteiger partial charge >= 0.3 is 5.97 Å². The van der Waals surface area contributed by atoms with Crippen molar-refractivity contribution in [3.05, 3.63) is 17.5 Å². The molecule has 1 rings (SSSR count). The molecule has 0 aliphatic rings. The minimum absolute atomic E-state index is 0.0680. The van der Waals surface area contributed by atoms with Crippen molar-refractivity contribution in [1.82, 2.24) is 10.5 Å². The van der Waals surface area contributed by atoms with Crippen molar-refractivity contribution < 1.29 is 18.8 Å². The molecule has 0 saturated heterocycles. The molecule has 1 amide bonds. The normalized spacial score (nSPS) is 11.2. The van der Waals surface area contributed by atoms with Gasteiger partial charge in [0.2, 0.25) is 5.91 Å². The fraction of sp³-hybridized carbons (Fsp3) is 0.615. The number of aryl methyl sites for hydroxylation is 1. The zero-order valence-corrected chi connectivity index (χ0v) is 11.8. The first-order valence-corrected chi connectivity index (χ1v) is 6.17. The summed E-state index contributed by atoms with van der Waals surface area (Å²) < 4.78 is 10.1. The molecule has 0 spiro atoms. The Labute approximate surface area is 112 Å². The van der Waals surface area contributed by atoms with E-state index in [1.807, 2.05) is 0 Å². The lowest BCUT2D eigenvalue weighted by Crippen LogP contribution is -2.26. The SMILES string of the molecule is Cc1cc(CNC(=O)CCC(=O)OC(C)(C)C)on1. The van der Waals surface area contributed by atoms with Crippen LogP contribution in [0.3, 0.4) is 0 Å². The van der Waals surface area contributed by atoms with E-state index < -0.39 is 5.60 Å². The molecule has 0 bridgehead atoms. The highest BCUT2D eigenvalue weighted by Gasteiger charge is 2.17. The molecule has 0 radical (unpaired) electrons. The second kappa shape index (κ2) is 6.36. The third-order valence-electron chi connectivity index (χ3n) is 2.11. The first-order chi connectivity index (χ1) is 8.76. The van der Waals surface area contributed by atoms with E-state index in [0.717, 1.165) is 5.69 Å². The molecule has 1 aromatic heterocycles. The Bertz CT molecular complexity index is 446. The maximum atomic E-state index is 11.5. The average Bonchev–Trinajstić information content (AvgIpc) is 2.67. The van der Waals surface area contributed by atoms with Crippen LogP contribution in [0.4, 0.5) is 0 Å². The standard InChI is InChI=1S/C13H20N2O4/c1-9-7-10(19-15-9)8-14-11(16)5-6-12(17)18-13(2,3)4/h7H,5-6,8H2,1-4H3,(H,14,16). The number of hydrogen-bond donors (Lipinski definition) is 1. The van der Waals surface area contributed by atoms with Crippen LogP contribution in [0.1, 0.15) is 45.1 Å². The predicted molar refractivity (Wildman–Crippen MR) is 68.2 cm³/mol. The van der Waals surface area contributed by atoms with E-state index in [4.69, 9.17) is 9.26 Å². The number of amides is 1. The molecule has 0 fully saturated rings. The summed E-state index contributed by atoms with van der Waals surface area (Å²) in [4.78, 5) is 22.9. The molecule has 0 atom stereocenters. The number of carbonyl (C=O) groups excluding carboxylic acids is 2. The third-order valence-corrected chi connectivity index (χ3v) is 2.11. The summed E-state index contributed by atoms with van der Waals surface area (Å²) in [5, 5.41) is 6.36.